The molecule has 1 N–H and O–H groups in total. The van der Waals surface area contributed by atoms with E-state index in [0.29, 0.717) is 38.4 Å². The molecule has 1 aliphatic rings. The topological polar surface area (TPSA) is 61.6 Å². The molecule has 1 aliphatic heterocycles. The van der Waals surface area contributed by atoms with Gasteiger partial charge < -0.3 is 19.7 Å². The zero-order valence-electron chi connectivity index (χ0n) is 16.4. The van der Waals surface area contributed by atoms with Gasteiger partial charge in [0.15, 0.2) is 5.96 Å². The molecule has 3 rings (SSSR count). The van der Waals surface area contributed by atoms with Crippen molar-refractivity contribution >= 4 is 11.6 Å². The molecule has 1 aromatic heterocycles. The maximum absolute atomic E-state index is 14.0. The average molecular weight is 391 g/mol. The van der Waals surface area contributed by atoms with Gasteiger partial charge in [0.2, 0.25) is 0 Å². The summed E-state index contributed by atoms with van der Waals surface area (Å²) in [6, 6.07) is 3.58. The minimum atomic E-state index is -0.422. The summed E-state index contributed by atoms with van der Waals surface area (Å²) in [7, 11) is 0. The van der Waals surface area contributed by atoms with Crippen molar-refractivity contribution < 1.29 is 8.78 Å². The smallest absolute Gasteiger partial charge is 0.194 e. The van der Waals surface area contributed by atoms with Crippen LogP contribution in [0.25, 0.3) is 0 Å². The molecule has 0 unspecified atom stereocenters. The van der Waals surface area contributed by atoms with Gasteiger partial charge in [-0.1, -0.05) is 6.92 Å². The number of benzene rings is 1. The summed E-state index contributed by atoms with van der Waals surface area (Å²) in [6.45, 7) is 8.78. The Morgan fingerprint density at radius 1 is 1.18 bits per heavy atom. The molecule has 1 fully saturated rings. The van der Waals surface area contributed by atoms with Gasteiger partial charge in [-0.3, -0.25) is 4.99 Å². The first-order valence-corrected chi connectivity index (χ1v) is 9.72. The van der Waals surface area contributed by atoms with Crippen LogP contribution in [0.5, 0.6) is 0 Å². The highest BCUT2D eigenvalue weighted by Gasteiger charge is 2.22. The zero-order chi connectivity index (χ0) is 19.9. The molecule has 152 valence electrons. The molecule has 0 atom stereocenters. The lowest BCUT2D eigenvalue weighted by Gasteiger charge is -2.37. The fourth-order valence-electron chi connectivity index (χ4n) is 3.32. The molecule has 1 saturated heterocycles. The summed E-state index contributed by atoms with van der Waals surface area (Å²) >= 11 is 0. The molecular weight excluding hydrogens is 364 g/mol. The molecule has 0 saturated carbocycles. The molecule has 0 bridgehead atoms. The number of halogens is 2. The second-order valence-corrected chi connectivity index (χ2v) is 6.60. The molecule has 0 amide bonds. The largest absolute Gasteiger partial charge is 0.366 e. The molecule has 1 aromatic carbocycles. The standard InChI is InChI=1S/C19H27F2N7/c1-3-18-25-24-14-28(18)8-7-23-19(22-4-2)27-11-9-26(10-12-27)17-13-15(20)5-6-16(17)21/h5-6,13-14H,3-4,7-12H2,1-2H3,(H,22,23). The number of anilines is 1. The fourth-order valence-corrected chi connectivity index (χ4v) is 3.32. The lowest BCUT2D eigenvalue weighted by atomic mass is 10.2. The Morgan fingerprint density at radius 2 is 1.96 bits per heavy atom. The molecular formula is C19H27F2N7. The number of nitrogens with zero attached hydrogens (tertiary/aromatic N) is 6. The quantitative estimate of drug-likeness (QED) is 0.602. The summed E-state index contributed by atoms with van der Waals surface area (Å²) in [5.74, 6) is 0.976. The van der Waals surface area contributed by atoms with E-state index in [0.717, 1.165) is 37.4 Å². The predicted octanol–water partition coefficient (Wildman–Crippen LogP) is 1.91. The molecule has 0 aliphatic carbocycles. The second kappa shape index (κ2) is 9.48. The Kier molecular flexibility index (Phi) is 6.78. The van der Waals surface area contributed by atoms with Gasteiger partial charge in [0, 0.05) is 51.8 Å². The Bertz CT molecular complexity index is 797. The summed E-state index contributed by atoms with van der Waals surface area (Å²) < 4.78 is 29.5. The Morgan fingerprint density at radius 3 is 2.68 bits per heavy atom. The van der Waals surface area contributed by atoms with Crippen LogP contribution in [0, 0.1) is 11.6 Å². The second-order valence-electron chi connectivity index (χ2n) is 6.60. The van der Waals surface area contributed by atoms with Gasteiger partial charge in [-0.15, -0.1) is 10.2 Å². The molecule has 0 spiro atoms. The summed E-state index contributed by atoms with van der Waals surface area (Å²) in [5, 5.41) is 11.3. The summed E-state index contributed by atoms with van der Waals surface area (Å²) in [6.07, 6.45) is 2.57. The van der Waals surface area contributed by atoms with Crippen LogP contribution in [-0.2, 0) is 13.0 Å². The van der Waals surface area contributed by atoms with E-state index in [-0.39, 0.29) is 0 Å². The van der Waals surface area contributed by atoms with Crippen LogP contribution in [0.2, 0.25) is 0 Å². The van der Waals surface area contributed by atoms with Crippen molar-refractivity contribution in [3.05, 3.63) is 42.0 Å². The van der Waals surface area contributed by atoms with Crippen molar-refractivity contribution in [2.45, 2.75) is 26.8 Å². The Labute approximate surface area is 164 Å². The normalized spacial score (nSPS) is 15.2. The molecule has 2 heterocycles. The number of nitrogens with one attached hydrogen (secondary N) is 1. The highest BCUT2D eigenvalue weighted by molar-refractivity contribution is 5.80. The third kappa shape index (κ3) is 4.76. The van der Waals surface area contributed by atoms with Gasteiger partial charge in [0.1, 0.15) is 23.8 Å². The molecule has 28 heavy (non-hydrogen) atoms. The van der Waals surface area contributed by atoms with Crippen molar-refractivity contribution in [2.75, 3.05) is 44.2 Å². The van der Waals surface area contributed by atoms with Gasteiger partial charge in [-0.25, -0.2) is 8.78 Å². The van der Waals surface area contributed by atoms with Crippen molar-refractivity contribution in [2.24, 2.45) is 4.99 Å². The van der Waals surface area contributed by atoms with Crippen molar-refractivity contribution in [3.8, 4) is 0 Å². The summed E-state index contributed by atoms with van der Waals surface area (Å²) in [5.41, 5.74) is 0.321. The first kappa shape index (κ1) is 20.0. The molecule has 9 heteroatoms. The van der Waals surface area contributed by atoms with Crippen LogP contribution < -0.4 is 10.2 Å². The highest BCUT2D eigenvalue weighted by Crippen LogP contribution is 2.21. The van der Waals surface area contributed by atoms with E-state index < -0.39 is 11.6 Å². The molecule has 0 radical (unpaired) electrons. The average Bonchev–Trinajstić information content (AvgIpc) is 3.17. The van der Waals surface area contributed by atoms with Gasteiger partial charge in [0.25, 0.3) is 0 Å². The van der Waals surface area contributed by atoms with Gasteiger partial charge in [-0.05, 0) is 19.1 Å². The Balaban J connectivity index is 1.60. The number of rotatable bonds is 6. The zero-order valence-corrected chi connectivity index (χ0v) is 16.4. The fraction of sp³-hybridized carbons (Fsp3) is 0.526. The number of aromatic nitrogens is 3. The van der Waals surface area contributed by atoms with E-state index in [1.54, 1.807) is 6.33 Å². The predicted molar refractivity (Wildman–Crippen MR) is 106 cm³/mol. The van der Waals surface area contributed by atoms with Gasteiger partial charge in [-0.2, -0.15) is 0 Å². The van der Waals surface area contributed by atoms with E-state index in [1.807, 2.05) is 16.4 Å². The molecule has 7 nitrogen and oxygen atoms in total. The van der Waals surface area contributed by atoms with Crippen LogP contribution in [-0.4, -0.2) is 64.9 Å². The number of piperazine rings is 1. The maximum Gasteiger partial charge on any atom is 0.194 e. The molecule has 2 aromatic rings. The number of guanidine groups is 1. The van der Waals surface area contributed by atoms with Crippen molar-refractivity contribution in [1.82, 2.24) is 25.0 Å². The van der Waals surface area contributed by atoms with Crippen LogP contribution in [0.4, 0.5) is 14.5 Å². The lowest BCUT2D eigenvalue weighted by Crippen LogP contribution is -2.52. The highest BCUT2D eigenvalue weighted by atomic mass is 19.1. The van der Waals surface area contributed by atoms with Gasteiger partial charge >= 0.3 is 0 Å². The van der Waals surface area contributed by atoms with Gasteiger partial charge in [0.05, 0.1) is 12.2 Å². The van der Waals surface area contributed by atoms with Crippen molar-refractivity contribution in [1.29, 1.82) is 0 Å². The number of aliphatic imine (C=N–C) groups is 1. The number of aryl methyl sites for hydroxylation is 1. The summed E-state index contributed by atoms with van der Waals surface area (Å²) in [4.78, 5) is 8.75. The Hall–Kier alpha value is -2.71. The number of hydrogen-bond acceptors (Lipinski definition) is 4. The maximum atomic E-state index is 14.0. The van der Waals surface area contributed by atoms with Crippen LogP contribution in [0.1, 0.15) is 19.7 Å². The first-order valence-electron chi connectivity index (χ1n) is 9.72. The third-order valence-corrected chi connectivity index (χ3v) is 4.78. The van der Waals surface area contributed by atoms with E-state index in [2.05, 4.69) is 27.3 Å². The van der Waals surface area contributed by atoms with Crippen molar-refractivity contribution in [3.63, 3.8) is 0 Å². The van der Waals surface area contributed by atoms with E-state index in [4.69, 9.17) is 4.99 Å². The lowest BCUT2D eigenvalue weighted by molar-refractivity contribution is 0.370. The van der Waals surface area contributed by atoms with E-state index in [9.17, 15) is 8.78 Å². The van der Waals surface area contributed by atoms with Crippen LogP contribution in [0.3, 0.4) is 0 Å². The SMILES string of the molecule is CCNC(=NCCn1cnnc1CC)N1CCN(c2cc(F)ccc2F)CC1. The first-order chi connectivity index (χ1) is 13.6. The minimum Gasteiger partial charge on any atom is -0.366 e. The van der Waals surface area contributed by atoms with E-state index in [1.165, 1.54) is 12.1 Å². The number of hydrogen-bond donors (Lipinski definition) is 1. The van der Waals surface area contributed by atoms with Crippen LogP contribution >= 0.6 is 0 Å². The monoisotopic (exact) mass is 391 g/mol. The van der Waals surface area contributed by atoms with E-state index >= 15 is 0 Å². The minimum absolute atomic E-state index is 0.321. The third-order valence-electron chi connectivity index (χ3n) is 4.78. The van der Waals surface area contributed by atoms with Crippen LogP contribution in [0.15, 0.2) is 29.5 Å².